The summed E-state index contributed by atoms with van der Waals surface area (Å²) in [5.41, 5.74) is 3.07. The Morgan fingerprint density at radius 3 is 2.54 bits per heavy atom. The molecule has 148 valence electrons. The summed E-state index contributed by atoms with van der Waals surface area (Å²) in [6.45, 7) is 6.76. The number of Topliss-reactive ketones (excluding diaryl/α,β-unsaturated/α-hetero) is 1. The number of pyridine rings is 1. The van der Waals surface area contributed by atoms with E-state index in [-0.39, 0.29) is 23.9 Å². The van der Waals surface area contributed by atoms with Gasteiger partial charge in [-0.3, -0.25) is 9.59 Å². The fourth-order valence-electron chi connectivity index (χ4n) is 3.04. The lowest BCUT2D eigenvalue weighted by atomic mass is 9.95. The summed E-state index contributed by atoms with van der Waals surface area (Å²) < 4.78 is 5.36. The third kappa shape index (κ3) is 4.67. The Morgan fingerprint density at radius 2 is 1.86 bits per heavy atom. The number of ether oxygens (including phenoxy) is 1. The predicted octanol–water partition coefficient (Wildman–Crippen LogP) is 2.13. The van der Waals surface area contributed by atoms with Crippen LogP contribution in [0.2, 0.25) is 0 Å². The van der Waals surface area contributed by atoms with Crippen molar-refractivity contribution in [3.63, 3.8) is 0 Å². The predicted molar refractivity (Wildman–Crippen MR) is 107 cm³/mol. The van der Waals surface area contributed by atoms with Crippen LogP contribution in [0.1, 0.15) is 35.5 Å². The summed E-state index contributed by atoms with van der Waals surface area (Å²) in [6, 6.07) is 11.5. The molecular weight excluding hydrogens is 356 g/mol. The highest BCUT2D eigenvalue weighted by Gasteiger charge is 2.34. The van der Waals surface area contributed by atoms with Gasteiger partial charge in [0.25, 0.3) is 0 Å². The van der Waals surface area contributed by atoms with Gasteiger partial charge in [0, 0.05) is 25.7 Å². The first kappa shape index (κ1) is 19.8. The SMILES string of the molecule is CCNCc1ccc(CNC(=O)C2CNc3ccc(OCC)nc3C2=O)cc1. The van der Waals surface area contributed by atoms with E-state index < -0.39 is 5.92 Å². The summed E-state index contributed by atoms with van der Waals surface area (Å²) in [6.07, 6.45) is 0. The van der Waals surface area contributed by atoms with E-state index in [4.69, 9.17) is 4.74 Å². The number of carbonyl (C=O) groups excluding carboxylic acids is 2. The number of benzene rings is 1. The average Bonchev–Trinajstić information content (AvgIpc) is 2.72. The Balaban J connectivity index is 1.60. The molecule has 1 aromatic heterocycles. The second kappa shape index (κ2) is 9.32. The standard InChI is InChI=1S/C21H26N4O3/c1-3-22-11-14-5-7-15(8-6-14)12-24-21(27)16-13-23-17-9-10-18(28-4-2)25-19(17)20(16)26/h5-10,16,22-23H,3-4,11-13H2,1-2H3,(H,24,27). The van der Waals surface area contributed by atoms with Crippen LogP contribution in [0.25, 0.3) is 0 Å². The van der Waals surface area contributed by atoms with Gasteiger partial charge in [-0.05, 0) is 30.7 Å². The zero-order chi connectivity index (χ0) is 19.9. The van der Waals surface area contributed by atoms with Gasteiger partial charge in [-0.15, -0.1) is 0 Å². The summed E-state index contributed by atoms with van der Waals surface area (Å²) in [4.78, 5) is 29.6. The van der Waals surface area contributed by atoms with Crippen LogP contribution >= 0.6 is 0 Å². The van der Waals surface area contributed by atoms with Crippen molar-refractivity contribution in [3.05, 3.63) is 53.2 Å². The Kier molecular flexibility index (Phi) is 6.60. The zero-order valence-corrected chi connectivity index (χ0v) is 16.2. The molecule has 1 aromatic carbocycles. The Labute approximate surface area is 164 Å². The number of ketones is 1. The van der Waals surface area contributed by atoms with Crippen LogP contribution in [0.5, 0.6) is 5.88 Å². The molecule has 0 fully saturated rings. The maximum absolute atomic E-state index is 12.7. The zero-order valence-electron chi connectivity index (χ0n) is 16.2. The molecule has 1 aliphatic rings. The molecule has 28 heavy (non-hydrogen) atoms. The van der Waals surface area contributed by atoms with Gasteiger partial charge in [-0.25, -0.2) is 4.98 Å². The molecule has 1 amide bonds. The molecule has 0 radical (unpaired) electrons. The molecule has 7 heteroatoms. The first-order valence-corrected chi connectivity index (χ1v) is 9.60. The second-order valence-corrected chi connectivity index (χ2v) is 6.59. The molecule has 3 N–H and O–H groups in total. The molecule has 3 rings (SSSR count). The van der Waals surface area contributed by atoms with Crippen molar-refractivity contribution in [1.29, 1.82) is 0 Å². The largest absolute Gasteiger partial charge is 0.478 e. The van der Waals surface area contributed by atoms with E-state index in [1.165, 1.54) is 5.56 Å². The van der Waals surface area contributed by atoms with Gasteiger partial charge in [0.05, 0.1) is 12.3 Å². The van der Waals surface area contributed by atoms with E-state index in [1.54, 1.807) is 12.1 Å². The topological polar surface area (TPSA) is 92.3 Å². The number of hydrogen-bond acceptors (Lipinski definition) is 6. The highest BCUT2D eigenvalue weighted by molar-refractivity contribution is 6.13. The normalized spacial score (nSPS) is 15.5. The quantitative estimate of drug-likeness (QED) is 0.606. The number of anilines is 1. The molecule has 7 nitrogen and oxygen atoms in total. The third-order valence-corrected chi connectivity index (χ3v) is 4.59. The number of nitrogens with one attached hydrogen (secondary N) is 3. The van der Waals surface area contributed by atoms with Crippen LogP contribution in [-0.2, 0) is 17.9 Å². The number of hydrogen-bond donors (Lipinski definition) is 3. The number of rotatable bonds is 8. The van der Waals surface area contributed by atoms with Crippen molar-refractivity contribution in [2.24, 2.45) is 5.92 Å². The highest BCUT2D eigenvalue weighted by Crippen LogP contribution is 2.25. The van der Waals surface area contributed by atoms with Gasteiger partial charge in [-0.2, -0.15) is 0 Å². The van der Waals surface area contributed by atoms with Crippen LogP contribution in [0.3, 0.4) is 0 Å². The van der Waals surface area contributed by atoms with Crippen molar-refractivity contribution < 1.29 is 14.3 Å². The van der Waals surface area contributed by atoms with Crippen LogP contribution in [0.4, 0.5) is 5.69 Å². The molecule has 0 aliphatic carbocycles. The fraction of sp³-hybridized carbons (Fsp3) is 0.381. The van der Waals surface area contributed by atoms with Crippen molar-refractivity contribution in [2.75, 3.05) is 25.0 Å². The van der Waals surface area contributed by atoms with E-state index in [0.717, 1.165) is 18.7 Å². The molecular formula is C21H26N4O3. The Hall–Kier alpha value is -2.93. The minimum Gasteiger partial charge on any atom is -0.478 e. The Bertz CT molecular complexity index is 836. The molecule has 1 aliphatic heterocycles. The fourth-order valence-corrected chi connectivity index (χ4v) is 3.04. The molecule has 2 aromatic rings. The van der Waals surface area contributed by atoms with E-state index >= 15 is 0 Å². The molecule has 0 saturated heterocycles. The van der Waals surface area contributed by atoms with Gasteiger partial charge in [0.1, 0.15) is 11.6 Å². The van der Waals surface area contributed by atoms with Gasteiger partial charge in [-0.1, -0.05) is 31.2 Å². The number of amides is 1. The van der Waals surface area contributed by atoms with Gasteiger partial charge in [0.2, 0.25) is 11.8 Å². The van der Waals surface area contributed by atoms with Gasteiger partial charge < -0.3 is 20.7 Å². The Morgan fingerprint density at radius 1 is 1.14 bits per heavy atom. The monoisotopic (exact) mass is 382 g/mol. The van der Waals surface area contributed by atoms with Crippen molar-refractivity contribution in [3.8, 4) is 5.88 Å². The molecule has 0 saturated carbocycles. The van der Waals surface area contributed by atoms with Crippen molar-refractivity contribution in [1.82, 2.24) is 15.6 Å². The van der Waals surface area contributed by atoms with E-state index in [1.807, 2.05) is 31.2 Å². The van der Waals surface area contributed by atoms with E-state index in [0.29, 0.717) is 24.7 Å². The number of fused-ring (bicyclic) bond motifs is 1. The maximum Gasteiger partial charge on any atom is 0.233 e. The first-order chi connectivity index (χ1) is 13.6. The van der Waals surface area contributed by atoms with E-state index in [2.05, 4.69) is 27.9 Å². The van der Waals surface area contributed by atoms with Gasteiger partial charge in [0.15, 0.2) is 5.78 Å². The number of nitrogens with zero attached hydrogens (tertiary/aromatic N) is 1. The van der Waals surface area contributed by atoms with Crippen LogP contribution in [0.15, 0.2) is 36.4 Å². The minimum atomic E-state index is -0.801. The smallest absolute Gasteiger partial charge is 0.233 e. The maximum atomic E-state index is 12.7. The molecule has 2 heterocycles. The summed E-state index contributed by atoms with van der Waals surface area (Å²) in [5, 5.41) is 9.24. The lowest BCUT2D eigenvalue weighted by Crippen LogP contribution is -2.42. The lowest BCUT2D eigenvalue weighted by molar-refractivity contribution is -0.123. The summed E-state index contributed by atoms with van der Waals surface area (Å²) >= 11 is 0. The van der Waals surface area contributed by atoms with Crippen LogP contribution in [0, 0.1) is 5.92 Å². The summed E-state index contributed by atoms with van der Waals surface area (Å²) in [5.74, 6) is -1.00. The molecule has 1 unspecified atom stereocenters. The molecule has 0 bridgehead atoms. The average molecular weight is 382 g/mol. The second-order valence-electron chi connectivity index (χ2n) is 6.59. The number of aromatic nitrogens is 1. The summed E-state index contributed by atoms with van der Waals surface area (Å²) in [7, 11) is 0. The van der Waals surface area contributed by atoms with Gasteiger partial charge >= 0.3 is 0 Å². The molecule has 1 atom stereocenters. The van der Waals surface area contributed by atoms with Crippen molar-refractivity contribution in [2.45, 2.75) is 26.9 Å². The van der Waals surface area contributed by atoms with E-state index in [9.17, 15) is 9.59 Å². The van der Waals surface area contributed by atoms with Crippen LogP contribution < -0.4 is 20.7 Å². The number of carbonyl (C=O) groups is 2. The first-order valence-electron chi connectivity index (χ1n) is 9.60. The van der Waals surface area contributed by atoms with Crippen LogP contribution in [-0.4, -0.2) is 36.4 Å². The molecule has 0 spiro atoms. The van der Waals surface area contributed by atoms with Crippen molar-refractivity contribution >= 4 is 17.4 Å². The third-order valence-electron chi connectivity index (χ3n) is 4.59. The lowest BCUT2D eigenvalue weighted by Gasteiger charge is -2.23. The minimum absolute atomic E-state index is 0.255. The highest BCUT2D eigenvalue weighted by atomic mass is 16.5.